The van der Waals surface area contributed by atoms with Gasteiger partial charge >= 0.3 is 5.97 Å². The Bertz CT molecular complexity index is 1230. The van der Waals surface area contributed by atoms with E-state index in [1.807, 2.05) is 42.5 Å². The van der Waals surface area contributed by atoms with Gasteiger partial charge in [-0.3, -0.25) is 14.4 Å². The minimum atomic E-state index is -0.520. The highest BCUT2D eigenvalue weighted by molar-refractivity contribution is 5.81. The van der Waals surface area contributed by atoms with E-state index in [1.54, 1.807) is 4.57 Å². The number of unbranched alkanes of at least 4 members (excludes halogenated alkanes) is 1. The third-order valence-corrected chi connectivity index (χ3v) is 6.29. The Kier molecular flexibility index (Phi) is 7.72. The number of aryl methyl sites for hydroxylation is 3. The molecule has 1 heterocycles. The molecular formula is C27H31N3O4. The van der Waals surface area contributed by atoms with Gasteiger partial charge in [-0.2, -0.15) is 0 Å². The Morgan fingerprint density at radius 1 is 1.15 bits per heavy atom. The van der Waals surface area contributed by atoms with Gasteiger partial charge < -0.3 is 14.6 Å². The molecule has 0 unspecified atom stereocenters. The molecule has 0 fully saturated rings. The number of hydrogen-bond acceptors (Lipinski definition) is 5. The first kappa shape index (κ1) is 23.7. The normalized spacial score (nSPS) is 15.0. The van der Waals surface area contributed by atoms with Crippen LogP contribution in [0.3, 0.4) is 0 Å². The molecule has 1 aromatic heterocycles. The summed E-state index contributed by atoms with van der Waals surface area (Å²) in [6, 6.07) is 15.6. The van der Waals surface area contributed by atoms with Gasteiger partial charge in [0.1, 0.15) is 5.69 Å². The minimum Gasteiger partial charge on any atom is -0.456 e. The van der Waals surface area contributed by atoms with Crippen molar-refractivity contribution in [2.24, 2.45) is 0 Å². The van der Waals surface area contributed by atoms with Gasteiger partial charge in [0.05, 0.1) is 23.5 Å². The molecule has 0 spiro atoms. The van der Waals surface area contributed by atoms with E-state index in [1.165, 1.54) is 5.56 Å². The number of amides is 1. The second-order valence-electron chi connectivity index (χ2n) is 8.73. The lowest BCUT2D eigenvalue weighted by Gasteiger charge is -2.26. The SMILES string of the molecule is CCCCn1c(=O)c(CCC(=O)OCC(=O)N[C@H]2CCCc3ccccc32)nc2ccccc21. The van der Waals surface area contributed by atoms with Gasteiger partial charge in [0, 0.05) is 13.0 Å². The third kappa shape index (κ3) is 5.53. The minimum absolute atomic E-state index is 0.00605. The number of benzene rings is 2. The van der Waals surface area contributed by atoms with Crippen molar-refractivity contribution in [2.45, 2.75) is 64.5 Å². The van der Waals surface area contributed by atoms with Crippen LogP contribution >= 0.6 is 0 Å². The van der Waals surface area contributed by atoms with Crippen LogP contribution in [0.1, 0.15) is 61.9 Å². The molecule has 1 aliphatic rings. The Hall–Kier alpha value is -3.48. The lowest BCUT2D eigenvalue weighted by atomic mass is 9.88. The Balaban J connectivity index is 1.33. The van der Waals surface area contributed by atoms with E-state index < -0.39 is 5.97 Å². The van der Waals surface area contributed by atoms with Gasteiger partial charge in [-0.25, -0.2) is 4.98 Å². The standard InChI is InChI=1S/C27H31N3O4/c1-2-3-17-30-24-14-7-6-12-22(24)28-23(27(30)33)15-16-26(32)34-18-25(31)29-21-13-8-10-19-9-4-5-11-20(19)21/h4-7,9,11-12,14,21H,2-3,8,10,13,15-18H2,1H3,(H,29,31)/t21-/m0/s1. The van der Waals surface area contributed by atoms with E-state index in [0.717, 1.165) is 48.7 Å². The molecule has 178 valence electrons. The fourth-order valence-corrected chi connectivity index (χ4v) is 4.52. The molecule has 4 rings (SSSR count). The molecule has 0 aliphatic heterocycles. The zero-order valence-corrected chi connectivity index (χ0v) is 19.6. The predicted molar refractivity (Wildman–Crippen MR) is 130 cm³/mol. The average Bonchev–Trinajstić information content (AvgIpc) is 2.86. The van der Waals surface area contributed by atoms with Gasteiger partial charge in [0.2, 0.25) is 0 Å². The van der Waals surface area contributed by atoms with Crippen LogP contribution in [0.5, 0.6) is 0 Å². The molecule has 0 bridgehead atoms. The summed E-state index contributed by atoms with van der Waals surface area (Å²) in [5.74, 6) is -0.838. The molecule has 34 heavy (non-hydrogen) atoms. The maximum Gasteiger partial charge on any atom is 0.306 e. The van der Waals surface area contributed by atoms with Gasteiger partial charge in [0.15, 0.2) is 6.61 Å². The van der Waals surface area contributed by atoms with Crippen molar-refractivity contribution in [1.29, 1.82) is 0 Å². The van der Waals surface area contributed by atoms with Gasteiger partial charge in [-0.1, -0.05) is 49.7 Å². The zero-order valence-electron chi connectivity index (χ0n) is 19.6. The summed E-state index contributed by atoms with van der Waals surface area (Å²) in [4.78, 5) is 42.2. The fraction of sp³-hybridized carbons (Fsp3) is 0.407. The van der Waals surface area contributed by atoms with Gasteiger partial charge in [-0.15, -0.1) is 0 Å². The summed E-state index contributed by atoms with van der Waals surface area (Å²) in [5.41, 5.74) is 4.09. The molecule has 0 saturated heterocycles. The molecule has 7 heteroatoms. The third-order valence-electron chi connectivity index (χ3n) is 6.29. The maximum absolute atomic E-state index is 13.0. The Morgan fingerprint density at radius 3 is 2.79 bits per heavy atom. The molecule has 0 saturated carbocycles. The predicted octanol–water partition coefficient (Wildman–Crippen LogP) is 3.87. The van der Waals surface area contributed by atoms with Crippen LogP contribution in [0.2, 0.25) is 0 Å². The van der Waals surface area contributed by atoms with Crippen molar-refractivity contribution in [3.8, 4) is 0 Å². The van der Waals surface area contributed by atoms with E-state index in [9.17, 15) is 14.4 Å². The highest BCUT2D eigenvalue weighted by atomic mass is 16.5. The Labute approximate surface area is 199 Å². The summed E-state index contributed by atoms with van der Waals surface area (Å²) in [6.45, 7) is 2.36. The molecule has 7 nitrogen and oxygen atoms in total. The number of nitrogens with one attached hydrogen (secondary N) is 1. The van der Waals surface area contributed by atoms with Crippen molar-refractivity contribution in [3.63, 3.8) is 0 Å². The van der Waals surface area contributed by atoms with E-state index in [4.69, 9.17) is 4.74 Å². The molecule has 1 aliphatic carbocycles. The fourth-order valence-electron chi connectivity index (χ4n) is 4.52. The van der Waals surface area contributed by atoms with Crippen LogP contribution in [-0.2, 0) is 33.7 Å². The first-order chi connectivity index (χ1) is 16.6. The number of fused-ring (bicyclic) bond motifs is 2. The van der Waals surface area contributed by atoms with E-state index in [2.05, 4.69) is 23.3 Å². The highest BCUT2D eigenvalue weighted by Crippen LogP contribution is 2.29. The van der Waals surface area contributed by atoms with Crippen LogP contribution in [0.25, 0.3) is 11.0 Å². The smallest absolute Gasteiger partial charge is 0.306 e. The summed E-state index contributed by atoms with van der Waals surface area (Å²) < 4.78 is 6.93. The number of ether oxygens (including phenoxy) is 1. The number of para-hydroxylation sites is 2. The lowest BCUT2D eigenvalue weighted by molar-refractivity contribution is -0.148. The number of aromatic nitrogens is 2. The van der Waals surface area contributed by atoms with Crippen molar-refractivity contribution >= 4 is 22.9 Å². The van der Waals surface area contributed by atoms with Crippen molar-refractivity contribution < 1.29 is 14.3 Å². The van der Waals surface area contributed by atoms with Gasteiger partial charge in [0.25, 0.3) is 11.5 Å². The van der Waals surface area contributed by atoms with Crippen LogP contribution < -0.4 is 10.9 Å². The second-order valence-corrected chi connectivity index (χ2v) is 8.73. The van der Waals surface area contributed by atoms with Crippen LogP contribution in [-0.4, -0.2) is 28.0 Å². The highest BCUT2D eigenvalue weighted by Gasteiger charge is 2.22. The van der Waals surface area contributed by atoms with Gasteiger partial charge in [-0.05, 0) is 48.9 Å². The first-order valence-corrected chi connectivity index (χ1v) is 12.1. The number of carbonyl (C=O) groups is 2. The topological polar surface area (TPSA) is 90.3 Å². The number of hydrogen-bond donors (Lipinski definition) is 1. The molecule has 0 radical (unpaired) electrons. The molecule has 1 N–H and O–H groups in total. The summed E-state index contributed by atoms with van der Waals surface area (Å²) >= 11 is 0. The number of nitrogens with zero attached hydrogens (tertiary/aromatic N) is 2. The summed E-state index contributed by atoms with van der Waals surface area (Å²) in [6.07, 6.45) is 4.92. The first-order valence-electron chi connectivity index (χ1n) is 12.1. The molecule has 1 atom stereocenters. The molecular weight excluding hydrogens is 430 g/mol. The van der Waals surface area contributed by atoms with E-state index in [0.29, 0.717) is 12.2 Å². The van der Waals surface area contributed by atoms with Crippen LogP contribution in [0.15, 0.2) is 53.3 Å². The number of carbonyl (C=O) groups excluding carboxylic acids is 2. The number of rotatable bonds is 9. The van der Waals surface area contributed by atoms with E-state index >= 15 is 0 Å². The molecule has 3 aromatic rings. The Morgan fingerprint density at radius 2 is 1.94 bits per heavy atom. The molecule has 2 aromatic carbocycles. The maximum atomic E-state index is 13.0. The molecule has 1 amide bonds. The quantitative estimate of drug-likeness (QED) is 0.489. The lowest BCUT2D eigenvalue weighted by Crippen LogP contribution is -2.34. The van der Waals surface area contributed by atoms with Crippen LogP contribution in [0.4, 0.5) is 0 Å². The average molecular weight is 462 g/mol. The monoisotopic (exact) mass is 461 g/mol. The van der Waals surface area contributed by atoms with Crippen LogP contribution in [0, 0.1) is 0 Å². The largest absolute Gasteiger partial charge is 0.456 e. The van der Waals surface area contributed by atoms with Crippen molar-refractivity contribution in [1.82, 2.24) is 14.9 Å². The zero-order chi connectivity index (χ0) is 23.9. The van der Waals surface area contributed by atoms with Crippen molar-refractivity contribution in [3.05, 3.63) is 75.7 Å². The second kappa shape index (κ2) is 11.1. The summed E-state index contributed by atoms with van der Waals surface area (Å²) in [5, 5.41) is 2.98. The van der Waals surface area contributed by atoms with Crippen molar-refractivity contribution in [2.75, 3.05) is 6.61 Å². The number of esters is 1. The summed E-state index contributed by atoms with van der Waals surface area (Å²) in [7, 11) is 0. The van der Waals surface area contributed by atoms with E-state index in [-0.39, 0.29) is 37.0 Å².